The second kappa shape index (κ2) is 10.2. The molecule has 1 saturated heterocycles. The maximum Gasteiger partial charge on any atom is 0.303 e. The van der Waals surface area contributed by atoms with Crippen LogP contribution in [-0.2, 0) is 26.2 Å². The zero-order valence-corrected chi connectivity index (χ0v) is 23.8. The van der Waals surface area contributed by atoms with Crippen LogP contribution >= 0.6 is 0 Å². The molecule has 2 bridgehead atoms. The van der Waals surface area contributed by atoms with Gasteiger partial charge in [-0.3, -0.25) is 14.5 Å². The Morgan fingerprint density at radius 1 is 1.18 bits per heavy atom. The van der Waals surface area contributed by atoms with Crippen molar-refractivity contribution in [2.24, 2.45) is 5.92 Å². The average molecular weight is 541 g/mol. The van der Waals surface area contributed by atoms with E-state index in [0.29, 0.717) is 25.3 Å². The van der Waals surface area contributed by atoms with Crippen LogP contribution in [0.5, 0.6) is 5.75 Å². The fourth-order valence-electron chi connectivity index (χ4n) is 8.32. The predicted octanol–water partition coefficient (Wildman–Crippen LogP) is 5.16. The highest BCUT2D eigenvalue weighted by molar-refractivity contribution is 5.92. The Kier molecular flexibility index (Phi) is 6.86. The van der Waals surface area contributed by atoms with E-state index in [4.69, 9.17) is 9.47 Å². The number of hydrogen-bond donors (Lipinski definition) is 0. The van der Waals surface area contributed by atoms with Crippen molar-refractivity contribution in [3.8, 4) is 5.75 Å². The van der Waals surface area contributed by atoms with Gasteiger partial charge in [0.05, 0.1) is 17.5 Å². The molecule has 6 nitrogen and oxygen atoms in total. The minimum Gasteiger partial charge on any atom is -0.487 e. The molecule has 2 unspecified atom stereocenters. The second-order valence-corrected chi connectivity index (χ2v) is 12.3. The van der Waals surface area contributed by atoms with Gasteiger partial charge in [-0.05, 0) is 54.9 Å². The third-order valence-electron chi connectivity index (χ3n) is 9.55. The lowest BCUT2D eigenvalue weighted by Crippen LogP contribution is -2.79. The average Bonchev–Trinajstić information content (AvgIpc) is 3.27. The molecule has 2 aliphatic heterocycles. The minimum absolute atomic E-state index is 0.00447. The van der Waals surface area contributed by atoms with Gasteiger partial charge < -0.3 is 14.4 Å². The summed E-state index contributed by atoms with van der Waals surface area (Å²) < 4.78 is 13.5. The van der Waals surface area contributed by atoms with E-state index in [2.05, 4.69) is 43.5 Å². The first-order valence-electron chi connectivity index (χ1n) is 14.7. The Morgan fingerprint density at radius 3 is 2.70 bits per heavy atom. The lowest BCUT2D eigenvalue weighted by atomic mass is 9.48. The first kappa shape index (κ1) is 26.8. The number of piperidine rings is 1. The number of rotatable bonds is 8. The van der Waals surface area contributed by atoms with Gasteiger partial charge >= 0.3 is 5.97 Å². The first-order valence-corrected chi connectivity index (χ1v) is 14.7. The summed E-state index contributed by atoms with van der Waals surface area (Å²) >= 11 is 0. The fourth-order valence-corrected chi connectivity index (χ4v) is 8.32. The number of ether oxygens (including phenoxy) is 2. The smallest absolute Gasteiger partial charge is 0.303 e. The molecule has 5 atom stereocenters. The molecule has 1 spiro atoms. The van der Waals surface area contributed by atoms with E-state index >= 15 is 0 Å². The molecule has 1 amide bonds. The normalized spacial score (nSPS) is 30.1. The van der Waals surface area contributed by atoms with Gasteiger partial charge in [0, 0.05) is 38.2 Å². The van der Waals surface area contributed by atoms with E-state index < -0.39 is 11.0 Å². The zero-order chi connectivity index (χ0) is 28.1. The van der Waals surface area contributed by atoms with Crippen LogP contribution in [0.15, 0.2) is 67.3 Å². The molecular weight excluding hydrogens is 500 g/mol. The number of esters is 1. The quantitative estimate of drug-likeness (QED) is 0.263. The maximum absolute atomic E-state index is 13.9. The van der Waals surface area contributed by atoms with Gasteiger partial charge in [-0.2, -0.15) is 0 Å². The summed E-state index contributed by atoms with van der Waals surface area (Å²) in [4.78, 5) is 31.2. The summed E-state index contributed by atoms with van der Waals surface area (Å²) in [6, 6.07) is 16.2. The minimum atomic E-state index is -0.715. The fraction of sp³-hybridized carbons (Fsp3) is 0.471. The largest absolute Gasteiger partial charge is 0.487 e. The molecule has 210 valence electrons. The van der Waals surface area contributed by atoms with E-state index in [1.54, 1.807) is 6.08 Å². The molecule has 2 aliphatic carbocycles. The van der Waals surface area contributed by atoms with Crippen molar-refractivity contribution in [1.82, 2.24) is 9.80 Å². The molecule has 6 heteroatoms. The lowest BCUT2D eigenvalue weighted by Gasteiger charge is -2.65. The van der Waals surface area contributed by atoms with Gasteiger partial charge in [-0.1, -0.05) is 62.4 Å². The molecule has 0 radical (unpaired) electrons. The number of likely N-dealkylation sites (tertiary alicyclic amines) is 1. The van der Waals surface area contributed by atoms with E-state index in [1.807, 2.05) is 47.4 Å². The van der Waals surface area contributed by atoms with Crippen molar-refractivity contribution in [2.75, 3.05) is 19.6 Å². The highest BCUT2D eigenvalue weighted by Crippen LogP contribution is 2.65. The molecule has 0 N–H and O–H groups in total. The van der Waals surface area contributed by atoms with Gasteiger partial charge in [-0.25, -0.2) is 0 Å². The standard InChI is InChI=1S/C34H40N2O4/c1-5-19-35-20-18-33-31-26-12-9-13-28(31)39-32(33)27(16-17-34(33,29(35)21-26)40-24(4)37)36(22-23(2)3)30(38)15-14-25-10-7-6-8-11-25/h5-15,23,27,29,32H,1,16-22H2,2-4H3/b15-14+/t27?,29-,32?,33+,34-/m1/s1. The highest BCUT2D eigenvalue weighted by atomic mass is 16.6. The number of nitrogens with zero attached hydrogens (tertiary/aromatic N) is 2. The van der Waals surface area contributed by atoms with Gasteiger partial charge in [0.15, 0.2) is 0 Å². The van der Waals surface area contributed by atoms with E-state index in [9.17, 15) is 9.59 Å². The van der Waals surface area contributed by atoms with Crippen LogP contribution in [0.1, 0.15) is 56.7 Å². The number of carbonyl (C=O) groups excluding carboxylic acids is 2. The van der Waals surface area contributed by atoms with Crippen molar-refractivity contribution >= 4 is 18.0 Å². The van der Waals surface area contributed by atoms with Crippen LogP contribution < -0.4 is 4.74 Å². The van der Waals surface area contributed by atoms with Crippen LogP contribution in [0.25, 0.3) is 6.08 Å². The molecule has 2 aromatic carbocycles. The van der Waals surface area contributed by atoms with E-state index in [0.717, 1.165) is 37.2 Å². The molecule has 4 aliphatic rings. The Labute approximate surface area is 237 Å². The van der Waals surface area contributed by atoms with Gasteiger partial charge in [0.1, 0.15) is 17.5 Å². The first-order chi connectivity index (χ1) is 19.3. The van der Waals surface area contributed by atoms with Gasteiger partial charge in [-0.15, -0.1) is 6.58 Å². The summed E-state index contributed by atoms with van der Waals surface area (Å²) in [7, 11) is 0. The van der Waals surface area contributed by atoms with Crippen LogP contribution in [0.4, 0.5) is 0 Å². The highest BCUT2D eigenvalue weighted by Gasteiger charge is 2.75. The Balaban J connectivity index is 1.45. The summed E-state index contributed by atoms with van der Waals surface area (Å²) in [5.74, 6) is 0.920. The lowest BCUT2D eigenvalue weighted by molar-refractivity contribution is -0.223. The predicted molar refractivity (Wildman–Crippen MR) is 156 cm³/mol. The SMILES string of the molecule is C=CCN1CC[C@]23c4c5cccc4OC2C(N(CC(C)C)C(=O)/C=C/c2ccccc2)CC[C@@]3(OC(C)=O)[C@H]1C5. The van der Waals surface area contributed by atoms with Crippen molar-refractivity contribution in [1.29, 1.82) is 0 Å². The van der Waals surface area contributed by atoms with Crippen LogP contribution in [0.2, 0.25) is 0 Å². The topological polar surface area (TPSA) is 59.1 Å². The number of carbonyl (C=O) groups is 2. The Morgan fingerprint density at radius 2 is 1.98 bits per heavy atom. The monoisotopic (exact) mass is 540 g/mol. The molecule has 2 aromatic rings. The molecule has 0 aromatic heterocycles. The van der Waals surface area contributed by atoms with Crippen LogP contribution in [-0.4, -0.2) is 65.1 Å². The van der Waals surface area contributed by atoms with Crippen LogP contribution in [0, 0.1) is 5.92 Å². The number of hydrogen-bond acceptors (Lipinski definition) is 5. The Bertz CT molecular complexity index is 1340. The molecule has 40 heavy (non-hydrogen) atoms. The maximum atomic E-state index is 13.9. The van der Waals surface area contributed by atoms with Crippen molar-refractivity contribution < 1.29 is 19.1 Å². The summed E-state index contributed by atoms with van der Waals surface area (Å²) in [5.41, 5.74) is 2.25. The van der Waals surface area contributed by atoms with E-state index in [1.165, 1.54) is 18.1 Å². The number of amides is 1. The third kappa shape index (κ3) is 4.02. The molecule has 2 fully saturated rings. The second-order valence-electron chi connectivity index (χ2n) is 12.3. The van der Waals surface area contributed by atoms with E-state index in [-0.39, 0.29) is 30.1 Å². The van der Waals surface area contributed by atoms with Crippen molar-refractivity contribution in [3.05, 3.63) is 84.0 Å². The number of benzene rings is 2. The summed E-state index contributed by atoms with van der Waals surface area (Å²) in [6.45, 7) is 12.1. The zero-order valence-electron chi connectivity index (χ0n) is 23.8. The van der Waals surface area contributed by atoms with Crippen molar-refractivity contribution in [2.45, 2.75) is 75.7 Å². The van der Waals surface area contributed by atoms with Gasteiger partial charge in [0.2, 0.25) is 5.91 Å². The molecule has 2 heterocycles. The Hall–Kier alpha value is -3.38. The van der Waals surface area contributed by atoms with Gasteiger partial charge in [0.25, 0.3) is 0 Å². The molecule has 6 rings (SSSR count). The summed E-state index contributed by atoms with van der Waals surface area (Å²) in [6.07, 6.45) is 8.26. The third-order valence-corrected chi connectivity index (χ3v) is 9.55. The van der Waals surface area contributed by atoms with Crippen molar-refractivity contribution in [3.63, 3.8) is 0 Å². The molecule has 1 saturated carbocycles. The summed E-state index contributed by atoms with van der Waals surface area (Å²) in [5, 5.41) is 0. The molecular formula is C34H40N2O4. The van der Waals surface area contributed by atoms with Crippen LogP contribution in [0.3, 0.4) is 0 Å².